The number of benzene rings is 1. The van der Waals surface area contributed by atoms with E-state index in [1.165, 1.54) is 10.4 Å². The molecule has 0 unspecified atom stereocenters. The van der Waals surface area contributed by atoms with Crippen molar-refractivity contribution in [2.24, 2.45) is 0 Å². The summed E-state index contributed by atoms with van der Waals surface area (Å²) < 4.78 is 7.25. The van der Waals surface area contributed by atoms with Gasteiger partial charge in [0.15, 0.2) is 5.69 Å². The largest absolute Gasteiger partial charge is 0.497 e. The molecule has 1 aromatic carbocycles. The van der Waals surface area contributed by atoms with E-state index in [0.717, 1.165) is 61.7 Å². The Hall–Kier alpha value is -2.64. The number of ether oxygens (including phenoxy) is 1. The topological polar surface area (TPSA) is 50.6 Å². The highest BCUT2D eigenvalue weighted by molar-refractivity contribution is 7.10. The number of thiophene rings is 1. The number of aromatic nitrogens is 2. The van der Waals surface area contributed by atoms with E-state index in [2.05, 4.69) is 23.4 Å². The lowest BCUT2D eigenvalue weighted by Crippen LogP contribution is -2.47. The molecule has 2 aromatic heterocycles. The number of aryl methyl sites for hydroxylation is 1. The van der Waals surface area contributed by atoms with Gasteiger partial charge in [0.2, 0.25) is 0 Å². The summed E-state index contributed by atoms with van der Waals surface area (Å²) >= 11 is 1.78. The van der Waals surface area contributed by atoms with Crippen LogP contribution in [0.4, 0.5) is 0 Å². The second kappa shape index (κ2) is 7.31. The van der Waals surface area contributed by atoms with E-state index in [1.807, 2.05) is 33.8 Å². The summed E-state index contributed by atoms with van der Waals surface area (Å²) in [6.07, 6.45) is 1.82. The first-order valence-electron chi connectivity index (χ1n) is 9.96. The number of rotatable bonds is 3. The zero-order chi connectivity index (χ0) is 20.0. The van der Waals surface area contributed by atoms with Crippen LogP contribution in [0.3, 0.4) is 0 Å². The third kappa shape index (κ3) is 3.14. The average Bonchev–Trinajstić information content (AvgIpc) is 3.38. The molecular formula is C22H24N4O2S. The first-order chi connectivity index (χ1) is 14.2. The minimum atomic E-state index is 0.0558. The van der Waals surface area contributed by atoms with Crippen molar-refractivity contribution < 1.29 is 9.53 Å². The fourth-order valence-electron chi connectivity index (χ4n) is 4.19. The molecule has 1 fully saturated rings. The van der Waals surface area contributed by atoms with Gasteiger partial charge in [0.05, 0.1) is 18.5 Å². The molecule has 1 aliphatic heterocycles. The predicted octanol–water partition coefficient (Wildman–Crippen LogP) is 3.10. The van der Waals surface area contributed by atoms with Crippen LogP contribution in [0.15, 0.2) is 35.7 Å². The highest BCUT2D eigenvalue weighted by atomic mass is 32.1. The number of methoxy groups -OCH3 is 1. The van der Waals surface area contributed by atoms with Crippen molar-refractivity contribution in [1.82, 2.24) is 19.6 Å². The van der Waals surface area contributed by atoms with Crippen LogP contribution in [0.25, 0.3) is 16.9 Å². The summed E-state index contributed by atoms with van der Waals surface area (Å²) in [5, 5.41) is 7.00. The normalized spacial score (nSPS) is 16.4. The molecule has 7 heteroatoms. The second-order valence-electron chi connectivity index (χ2n) is 7.64. The van der Waals surface area contributed by atoms with Crippen molar-refractivity contribution in [3.63, 3.8) is 0 Å². The standard InChI is InChI=1S/C22H24N4O2S/c1-24-10-12-25(13-11-24)22(27)20-18-7-8-19-17(9-14-29-19)21(18)26(23-20)15-3-5-16(28-2)6-4-15/h3-6,9,14H,7-8,10-13H2,1-2H3. The van der Waals surface area contributed by atoms with Crippen LogP contribution in [-0.4, -0.2) is 65.8 Å². The maximum atomic E-state index is 13.4. The summed E-state index contributed by atoms with van der Waals surface area (Å²) in [5.41, 5.74) is 4.90. The lowest BCUT2D eigenvalue weighted by molar-refractivity contribution is 0.0656. The van der Waals surface area contributed by atoms with E-state index >= 15 is 0 Å². The molecule has 0 spiro atoms. The number of fused-ring (bicyclic) bond motifs is 3. The van der Waals surface area contributed by atoms with E-state index < -0.39 is 0 Å². The molecule has 3 aromatic rings. The first-order valence-corrected chi connectivity index (χ1v) is 10.8. The van der Waals surface area contributed by atoms with E-state index in [4.69, 9.17) is 9.84 Å². The van der Waals surface area contributed by atoms with Gasteiger partial charge in [0.25, 0.3) is 5.91 Å². The van der Waals surface area contributed by atoms with Gasteiger partial charge < -0.3 is 14.5 Å². The number of carbonyl (C=O) groups excluding carboxylic acids is 1. The van der Waals surface area contributed by atoms with Crippen LogP contribution in [0.1, 0.15) is 20.9 Å². The third-order valence-electron chi connectivity index (χ3n) is 5.90. The van der Waals surface area contributed by atoms with Gasteiger partial charge in [0.1, 0.15) is 5.75 Å². The molecule has 0 atom stereocenters. The van der Waals surface area contributed by atoms with Crippen LogP contribution in [0.5, 0.6) is 5.75 Å². The lowest BCUT2D eigenvalue weighted by Gasteiger charge is -2.32. The number of likely N-dealkylation sites (N-methyl/N-ethyl adjacent to an activating group) is 1. The molecule has 29 heavy (non-hydrogen) atoms. The Morgan fingerprint density at radius 2 is 1.83 bits per heavy atom. The van der Waals surface area contributed by atoms with Crippen molar-refractivity contribution in [3.8, 4) is 22.7 Å². The van der Waals surface area contributed by atoms with Crippen LogP contribution in [0, 0.1) is 0 Å². The molecule has 5 rings (SSSR count). The summed E-state index contributed by atoms with van der Waals surface area (Å²) in [4.78, 5) is 19.0. The van der Waals surface area contributed by atoms with E-state index in [-0.39, 0.29) is 5.91 Å². The molecule has 1 amide bonds. The smallest absolute Gasteiger partial charge is 0.274 e. The van der Waals surface area contributed by atoms with E-state index in [1.54, 1.807) is 18.4 Å². The van der Waals surface area contributed by atoms with Gasteiger partial charge in [-0.25, -0.2) is 4.68 Å². The maximum Gasteiger partial charge on any atom is 0.274 e. The molecule has 6 nitrogen and oxygen atoms in total. The average molecular weight is 409 g/mol. The van der Waals surface area contributed by atoms with Gasteiger partial charge in [-0.2, -0.15) is 5.10 Å². The number of hydrogen-bond acceptors (Lipinski definition) is 5. The van der Waals surface area contributed by atoms with E-state index in [9.17, 15) is 4.79 Å². The molecule has 2 aliphatic rings. The summed E-state index contributed by atoms with van der Waals surface area (Å²) in [6, 6.07) is 10.0. The van der Waals surface area contributed by atoms with Crippen molar-refractivity contribution >= 4 is 17.2 Å². The molecular weight excluding hydrogens is 384 g/mol. The fourth-order valence-corrected chi connectivity index (χ4v) is 5.07. The summed E-state index contributed by atoms with van der Waals surface area (Å²) in [7, 11) is 3.76. The predicted molar refractivity (Wildman–Crippen MR) is 114 cm³/mol. The Bertz CT molecular complexity index is 1050. The Balaban J connectivity index is 1.61. The molecule has 3 heterocycles. The Morgan fingerprint density at radius 3 is 2.55 bits per heavy atom. The van der Waals surface area contributed by atoms with Gasteiger partial charge in [-0.3, -0.25) is 4.79 Å². The minimum absolute atomic E-state index is 0.0558. The lowest BCUT2D eigenvalue weighted by atomic mass is 9.94. The zero-order valence-electron chi connectivity index (χ0n) is 16.7. The van der Waals surface area contributed by atoms with Crippen molar-refractivity contribution in [3.05, 3.63) is 51.8 Å². The molecule has 1 aliphatic carbocycles. The minimum Gasteiger partial charge on any atom is -0.497 e. The monoisotopic (exact) mass is 408 g/mol. The highest BCUT2D eigenvalue weighted by Crippen LogP contribution is 2.39. The van der Waals surface area contributed by atoms with E-state index in [0.29, 0.717) is 5.69 Å². The fraction of sp³-hybridized carbons (Fsp3) is 0.364. The number of carbonyl (C=O) groups is 1. The molecule has 0 N–H and O–H groups in total. The molecule has 0 saturated carbocycles. The van der Waals surface area contributed by atoms with Crippen molar-refractivity contribution in [1.29, 1.82) is 0 Å². The summed E-state index contributed by atoms with van der Waals surface area (Å²) in [5.74, 6) is 0.861. The number of hydrogen-bond donors (Lipinski definition) is 0. The van der Waals surface area contributed by atoms with Crippen LogP contribution in [-0.2, 0) is 12.8 Å². The molecule has 150 valence electrons. The third-order valence-corrected chi connectivity index (χ3v) is 6.88. The number of amides is 1. The molecule has 0 radical (unpaired) electrons. The maximum absolute atomic E-state index is 13.4. The van der Waals surface area contributed by atoms with Gasteiger partial charge in [-0.1, -0.05) is 0 Å². The van der Waals surface area contributed by atoms with Crippen molar-refractivity contribution in [2.75, 3.05) is 40.3 Å². The Labute approximate surface area is 174 Å². The zero-order valence-corrected chi connectivity index (χ0v) is 17.5. The number of piperazine rings is 1. The SMILES string of the molecule is COc1ccc(-n2nc(C(=O)N3CCN(C)CC3)c3c2-c2ccsc2CC3)cc1. The van der Waals surface area contributed by atoms with Crippen LogP contribution < -0.4 is 4.74 Å². The van der Waals surface area contributed by atoms with Crippen LogP contribution >= 0.6 is 11.3 Å². The van der Waals surface area contributed by atoms with Gasteiger partial charge in [-0.05, 0) is 55.6 Å². The molecule has 1 saturated heterocycles. The van der Waals surface area contributed by atoms with Gasteiger partial charge in [-0.15, -0.1) is 11.3 Å². The summed E-state index contributed by atoms with van der Waals surface area (Å²) in [6.45, 7) is 3.32. The quantitative estimate of drug-likeness (QED) is 0.668. The van der Waals surface area contributed by atoms with Gasteiger partial charge in [0, 0.05) is 42.2 Å². The highest BCUT2D eigenvalue weighted by Gasteiger charge is 2.32. The number of nitrogens with zero attached hydrogens (tertiary/aromatic N) is 4. The Kier molecular flexibility index (Phi) is 4.64. The second-order valence-corrected chi connectivity index (χ2v) is 8.64. The first kappa shape index (κ1) is 18.4. The van der Waals surface area contributed by atoms with Gasteiger partial charge >= 0.3 is 0 Å². The van der Waals surface area contributed by atoms with Crippen LogP contribution in [0.2, 0.25) is 0 Å². The van der Waals surface area contributed by atoms with Crippen molar-refractivity contribution in [2.45, 2.75) is 12.8 Å². The molecule has 0 bridgehead atoms. The Morgan fingerprint density at radius 1 is 1.07 bits per heavy atom.